The van der Waals surface area contributed by atoms with Crippen LogP contribution in [0.15, 0.2) is 24.3 Å². The van der Waals surface area contributed by atoms with Crippen LogP contribution in [-0.2, 0) is 4.79 Å². The zero-order valence-corrected chi connectivity index (χ0v) is 14.1. The van der Waals surface area contributed by atoms with Gasteiger partial charge in [-0.3, -0.25) is 4.79 Å². The van der Waals surface area contributed by atoms with E-state index in [1.54, 1.807) is 0 Å². The number of anilines is 1. The minimum atomic E-state index is -0.194. The molecule has 0 radical (unpaired) electrons. The van der Waals surface area contributed by atoms with Crippen molar-refractivity contribution >= 4 is 11.6 Å². The molecule has 0 spiro atoms. The van der Waals surface area contributed by atoms with E-state index in [0.717, 1.165) is 43.7 Å². The predicted molar refractivity (Wildman–Crippen MR) is 91.6 cm³/mol. The monoisotopic (exact) mass is 332 g/mol. The Morgan fingerprint density at radius 1 is 1.17 bits per heavy atom. The van der Waals surface area contributed by atoms with E-state index in [9.17, 15) is 9.18 Å². The minimum absolute atomic E-state index is 0.194. The zero-order valence-electron chi connectivity index (χ0n) is 14.1. The summed E-state index contributed by atoms with van der Waals surface area (Å²) in [5.41, 5.74) is 1.07. The highest BCUT2D eigenvalue weighted by Crippen LogP contribution is 2.44. The molecule has 4 rings (SSSR count). The van der Waals surface area contributed by atoms with E-state index in [1.807, 2.05) is 12.1 Å². The molecule has 24 heavy (non-hydrogen) atoms. The molecule has 2 saturated carbocycles. The maximum absolute atomic E-state index is 13.0. The van der Waals surface area contributed by atoms with Crippen molar-refractivity contribution in [2.75, 3.05) is 37.6 Å². The first-order chi connectivity index (χ1) is 11.7. The normalized spacial score (nSPS) is 29.9. The van der Waals surface area contributed by atoms with Crippen LogP contribution in [-0.4, -0.2) is 44.7 Å². The van der Waals surface area contributed by atoms with E-state index in [-0.39, 0.29) is 11.7 Å². The van der Waals surface area contributed by atoms with Gasteiger partial charge in [0.15, 0.2) is 6.54 Å². The number of hydrogen-bond donors (Lipinski definition) is 2. The van der Waals surface area contributed by atoms with E-state index < -0.39 is 0 Å². The summed E-state index contributed by atoms with van der Waals surface area (Å²) < 4.78 is 13.0. The lowest BCUT2D eigenvalue weighted by molar-refractivity contribution is -0.892. The molecule has 0 aromatic heterocycles. The summed E-state index contributed by atoms with van der Waals surface area (Å²) in [6.07, 6.45) is 5.20. The Labute approximate surface area is 143 Å². The number of fused-ring (bicyclic) bond motifs is 2. The molecule has 3 atom stereocenters. The Kier molecular flexibility index (Phi) is 4.44. The highest BCUT2D eigenvalue weighted by Gasteiger charge is 2.40. The van der Waals surface area contributed by atoms with Gasteiger partial charge in [0.2, 0.25) is 0 Å². The lowest BCUT2D eigenvalue weighted by atomic mass is 9.95. The van der Waals surface area contributed by atoms with E-state index in [1.165, 1.54) is 42.7 Å². The van der Waals surface area contributed by atoms with Crippen LogP contribution < -0.4 is 15.1 Å². The Bertz CT molecular complexity index is 583. The maximum Gasteiger partial charge on any atom is 0.275 e. The van der Waals surface area contributed by atoms with Crippen molar-refractivity contribution in [3.8, 4) is 0 Å². The first kappa shape index (κ1) is 15.9. The molecule has 0 unspecified atom stereocenters. The molecular weight excluding hydrogens is 305 g/mol. The van der Waals surface area contributed by atoms with Crippen molar-refractivity contribution < 1.29 is 14.1 Å². The molecule has 1 aromatic rings. The predicted octanol–water partition coefficient (Wildman–Crippen LogP) is 0.835. The number of carbonyl (C=O) groups is 1. The van der Waals surface area contributed by atoms with Gasteiger partial charge in [-0.05, 0) is 55.4 Å². The average Bonchev–Trinajstić information content (AvgIpc) is 3.19. The Balaban J connectivity index is 1.23. The van der Waals surface area contributed by atoms with Crippen LogP contribution in [0.1, 0.15) is 25.7 Å². The number of piperazine rings is 1. The first-order valence-corrected chi connectivity index (χ1v) is 9.31. The second kappa shape index (κ2) is 6.71. The molecule has 2 N–H and O–H groups in total. The molecule has 4 nitrogen and oxygen atoms in total. The van der Waals surface area contributed by atoms with Gasteiger partial charge in [-0.2, -0.15) is 0 Å². The van der Waals surface area contributed by atoms with Gasteiger partial charge >= 0.3 is 0 Å². The number of halogens is 1. The second-order valence-corrected chi connectivity index (χ2v) is 7.74. The smallest absolute Gasteiger partial charge is 0.275 e. The minimum Gasteiger partial charge on any atom is -0.360 e. The Morgan fingerprint density at radius 2 is 1.92 bits per heavy atom. The molecule has 1 amide bonds. The lowest BCUT2D eigenvalue weighted by Gasteiger charge is -2.33. The third-order valence-electron chi connectivity index (χ3n) is 6.16. The molecule has 3 fully saturated rings. The number of hydrogen-bond acceptors (Lipinski definition) is 2. The topological polar surface area (TPSA) is 36.8 Å². The number of carbonyl (C=O) groups excluding carboxylic acids is 1. The number of nitrogens with zero attached hydrogens (tertiary/aromatic N) is 1. The third-order valence-corrected chi connectivity index (χ3v) is 6.16. The fraction of sp³-hybridized carbons (Fsp3) is 0.632. The largest absolute Gasteiger partial charge is 0.360 e. The molecule has 130 valence electrons. The highest BCUT2D eigenvalue weighted by molar-refractivity contribution is 5.77. The third kappa shape index (κ3) is 3.41. The molecule has 1 aliphatic heterocycles. The fourth-order valence-electron chi connectivity index (χ4n) is 4.82. The Hall–Kier alpha value is -1.62. The molecule has 5 heteroatoms. The van der Waals surface area contributed by atoms with Crippen molar-refractivity contribution in [3.63, 3.8) is 0 Å². The molecule has 2 bridgehead atoms. The number of benzene rings is 1. The van der Waals surface area contributed by atoms with Crippen LogP contribution in [0.3, 0.4) is 0 Å². The van der Waals surface area contributed by atoms with E-state index >= 15 is 0 Å². The SMILES string of the molecule is O=C(C[NH+]1CCN(c2ccc(F)cc2)CC1)N[C@H]1C[C@@H]2CC[C@@H]1C2. The van der Waals surface area contributed by atoms with Crippen LogP contribution in [0.25, 0.3) is 0 Å². The number of nitrogens with one attached hydrogen (secondary N) is 2. The fourth-order valence-corrected chi connectivity index (χ4v) is 4.82. The molecule has 2 aliphatic carbocycles. The summed E-state index contributed by atoms with van der Waals surface area (Å²) in [6.45, 7) is 4.35. The highest BCUT2D eigenvalue weighted by atomic mass is 19.1. The van der Waals surface area contributed by atoms with E-state index in [2.05, 4.69) is 10.2 Å². The van der Waals surface area contributed by atoms with Crippen LogP contribution in [0.4, 0.5) is 10.1 Å². The van der Waals surface area contributed by atoms with Gasteiger partial charge in [-0.1, -0.05) is 6.42 Å². The van der Waals surface area contributed by atoms with E-state index in [0.29, 0.717) is 12.6 Å². The standard InChI is InChI=1S/C19H26FN3O/c20-16-3-5-17(6-4-16)23-9-7-22(8-10-23)13-19(24)21-18-12-14-1-2-15(18)11-14/h3-6,14-15,18H,1-2,7-13H2,(H,21,24)/p+1/t14-,15-,18+/m1/s1. The second-order valence-electron chi connectivity index (χ2n) is 7.74. The van der Waals surface area contributed by atoms with Gasteiger partial charge in [0.25, 0.3) is 5.91 Å². The van der Waals surface area contributed by atoms with Gasteiger partial charge in [0.1, 0.15) is 5.82 Å². The van der Waals surface area contributed by atoms with Crippen LogP contribution in [0.2, 0.25) is 0 Å². The van der Waals surface area contributed by atoms with Crippen molar-refractivity contribution in [2.45, 2.75) is 31.7 Å². The van der Waals surface area contributed by atoms with Gasteiger partial charge < -0.3 is 15.1 Å². The van der Waals surface area contributed by atoms with Crippen molar-refractivity contribution in [3.05, 3.63) is 30.1 Å². The lowest BCUT2D eigenvalue weighted by Crippen LogP contribution is -3.16. The zero-order chi connectivity index (χ0) is 16.5. The van der Waals surface area contributed by atoms with Gasteiger partial charge in [0, 0.05) is 11.7 Å². The van der Waals surface area contributed by atoms with Crippen LogP contribution in [0.5, 0.6) is 0 Å². The summed E-state index contributed by atoms with van der Waals surface area (Å²) in [5.74, 6) is 1.63. The Morgan fingerprint density at radius 3 is 2.54 bits per heavy atom. The van der Waals surface area contributed by atoms with E-state index in [4.69, 9.17) is 0 Å². The molecule has 3 aliphatic rings. The first-order valence-electron chi connectivity index (χ1n) is 9.31. The quantitative estimate of drug-likeness (QED) is 0.857. The number of amides is 1. The number of quaternary nitrogens is 1. The molecule has 1 aromatic carbocycles. The summed E-state index contributed by atoms with van der Waals surface area (Å²) in [6, 6.07) is 7.13. The summed E-state index contributed by atoms with van der Waals surface area (Å²) in [4.78, 5) is 16.0. The maximum atomic E-state index is 13.0. The molecule has 1 saturated heterocycles. The van der Waals surface area contributed by atoms with Gasteiger partial charge in [-0.25, -0.2) is 4.39 Å². The summed E-state index contributed by atoms with van der Waals surface area (Å²) >= 11 is 0. The summed E-state index contributed by atoms with van der Waals surface area (Å²) in [5, 5.41) is 3.29. The van der Waals surface area contributed by atoms with Gasteiger partial charge in [-0.15, -0.1) is 0 Å². The van der Waals surface area contributed by atoms with Crippen molar-refractivity contribution in [1.29, 1.82) is 0 Å². The summed E-state index contributed by atoms with van der Waals surface area (Å²) in [7, 11) is 0. The van der Waals surface area contributed by atoms with Crippen molar-refractivity contribution in [1.82, 2.24) is 5.32 Å². The van der Waals surface area contributed by atoms with Gasteiger partial charge in [0.05, 0.1) is 26.2 Å². The number of rotatable bonds is 4. The van der Waals surface area contributed by atoms with Crippen molar-refractivity contribution in [2.24, 2.45) is 11.8 Å². The average molecular weight is 332 g/mol. The van der Waals surface area contributed by atoms with Crippen LogP contribution >= 0.6 is 0 Å². The van der Waals surface area contributed by atoms with Crippen LogP contribution in [0, 0.1) is 17.7 Å². The molecule has 1 heterocycles. The molecular formula is C19H27FN3O+.